The Kier molecular flexibility index (Phi) is 3.38. The quantitative estimate of drug-likeness (QED) is 0.874. The maximum Gasteiger partial charge on any atom is 0.0270 e. The lowest BCUT2D eigenvalue weighted by Crippen LogP contribution is -2.57. The van der Waals surface area contributed by atoms with Crippen LogP contribution in [0.1, 0.15) is 51.5 Å². The van der Waals surface area contributed by atoms with Crippen molar-refractivity contribution in [2.75, 3.05) is 13.1 Å². The Morgan fingerprint density at radius 3 is 2.42 bits per heavy atom. The number of rotatable bonds is 5. The predicted octanol–water partition coefficient (Wildman–Crippen LogP) is 3.53. The van der Waals surface area contributed by atoms with Crippen molar-refractivity contribution in [2.45, 2.75) is 51.4 Å². The zero-order chi connectivity index (χ0) is 13.3. The zero-order valence-corrected chi connectivity index (χ0v) is 12.3. The molecule has 19 heavy (non-hydrogen) atoms. The molecule has 1 spiro atoms. The molecule has 3 rings (SSSR count). The Morgan fingerprint density at radius 2 is 1.89 bits per heavy atom. The summed E-state index contributed by atoms with van der Waals surface area (Å²) in [5.74, 6) is 0.729. The first-order valence-electron chi connectivity index (χ1n) is 7.76. The van der Waals surface area contributed by atoms with E-state index in [9.17, 15) is 0 Å². The number of pyridine rings is 1. The van der Waals surface area contributed by atoms with Crippen LogP contribution in [0.3, 0.4) is 0 Å². The number of hydrogen-bond acceptors (Lipinski definition) is 2. The van der Waals surface area contributed by atoms with Gasteiger partial charge in [-0.25, -0.2) is 0 Å². The van der Waals surface area contributed by atoms with Gasteiger partial charge in [0.2, 0.25) is 0 Å². The van der Waals surface area contributed by atoms with Crippen molar-refractivity contribution in [1.82, 2.24) is 10.3 Å². The monoisotopic (exact) mass is 258 g/mol. The van der Waals surface area contributed by atoms with Crippen LogP contribution in [0.15, 0.2) is 24.5 Å². The van der Waals surface area contributed by atoms with E-state index in [1.807, 2.05) is 12.4 Å². The van der Waals surface area contributed by atoms with E-state index in [1.54, 1.807) is 0 Å². The van der Waals surface area contributed by atoms with Crippen molar-refractivity contribution in [3.63, 3.8) is 0 Å². The molecular weight excluding hydrogens is 232 g/mol. The van der Waals surface area contributed by atoms with Crippen LogP contribution in [0.2, 0.25) is 0 Å². The third-order valence-electron chi connectivity index (χ3n) is 5.15. The molecule has 104 valence electrons. The molecule has 0 aliphatic heterocycles. The molecule has 0 amide bonds. The maximum atomic E-state index is 4.18. The Morgan fingerprint density at radius 1 is 1.21 bits per heavy atom. The summed E-state index contributed by atoms with van der Waals surface area (Å²) in [6.07, 6.45) is 11.0. The topological polar surface area (TPSA) is 24.9 Å². The molecule has 1 aromatic heterocycles. The van der Waals surface area contributed by atoms with Gasteiger partial charge in [0.25, 0.3) is 0 Å². The first-order chi connectivity index (χ1) is 9.14. The normalized spacial score (nSPS) is 23.1. The number of hydrogen-bond donors (Lipinski definition) is 1. The minimum Gasteiger partial charge on any atom is -0.316 e. The van der Waals surface area contributed by atoms with Crippen LogP contribution in [-0.2, 0) is 5.41 Å². The van der Waals surface area contributed by atoms with E-state index < -0.39 is 0 Å². The highest BCUT2D eigenvalue weighted by Crippen LogP contribution is 2.64. The number of nitrogens with one attached hydrogen (secondary N) is 1. The van der Waals surface area contributed by atoms with Gasteiger partial charge in [-0.1, -0.05) is 20.3 Å². The molecule has 2 aliphatic carbocycles. The minimum atomic E-state index is 0.387. The second-order valence-corrected chi connectivity index (χ2v) is 7.25. The van der Waals surface area contributed by atoms with Gasteiger partial charge >= 0.3 is 0 Å². The summed E-state index contributed by atoms with van der Waals surface area (Å²) in [6, 6.07) is 4.45. The molecule has 0 atom stereocenters. The minimum absolute atomic E-state index is 0.387. The van der Waals surface area contributed by atoms with Crippen LogP contribution >= 0.6 is 0 Å². The van der Waals surface area contributed by atoms with Gasteiger partial charge in [0.1, 0.15) is 0 Å². The third-order valence-corrected chi connectivity index (χ3v) is 5.15. The molecule has 0 radical (unpaired) electrons. The Hall–Kier alpha value is -0.890. The second kappa shape index (κ2) is 4.90. The average molecular weight is 258 g/mol. The van der Waals surface area contributed by atoms with Crippen LogP contribution in [-0.4, -0.2) is 18.1 Å². The summed E-state index contributed by atoms with van der Waals surface area (Å²) in [5.41, 5.74) is 2.59. The zero-order valence-electron chi connectivity index (χ0n) is 12.3. The predicted molar refractivity (Wildman–Crippen MR) is 79.1 cm³/mol. The molecule has 2 heteroatoms. The molecule has 1 aromatic rings. The van der Waals surface area contributed by atoms with Crippen LogP contribution in [0.25, 0.3) is 0 Å². The molecule has 1 N–H and O–H groups in total. The molecule has 2 nitrogen and oxygen atoms in total. The molecule has 2 saturated carbocycles. The molecule has 1 heterocycles. The highest BCUT2D eigenvalue weighted by atomic mass is 14.9. The van der Waals surface area contributed by atoms with E-state index in [0.29, 0.717) is 10.8 Å². The molecule has 2 fully saturated rings. The van der Waals surface area contributed by atoms with Gasteiger partial charge in [-0.15, -0.1) is 0 Å². The lowest BCUT2D eigenvalue weighted by Gasteiger charge is -2.61. The number of nitrogens with zero attached hydrogens (tertiary/aromatic N) is 1. The summed E-state index contributed by atoms with van der Waals surface area (Å²) >= 11 is 0. The summed E-state index contributed by atoms with van der Waals surface area (Å²) in [6.45, 7) is 6.82. The van der Waals surface area contributed by atoms with Gasteiger partial charge < -0.3 is 5.32 Å². The Labute approximate surface area is 117 Å². The highest BCUT2D eigenvalue weighted by molar-refractivity contribution is 5.30. The van der Waals surface area contributed by atoms with Crippen molar-refractivity contribution < 1.29 is 0 Å². The van der Waals surface area contributed by atoms with Gasteiger partial charge in [-0.05, 0) is 61.3 Å². The van der Waals surface area contributed by atoms with Crippen LogP contribution in [0, 0.1) is 11.3 Å². The smallest absolute Gasteiger partial charge is 0.0270 e. The Balaban J connectivity index is 1.70. The molecule has 0 aromatic carbocycles. The lowest BCUT2D eigenvalue weighted by molar-refractivity contribution is -0.0484. The second-order valence-electron chi connectivity index (χ2n) is 7.25. The summed E-state index contributed by atoms with van der Waals surface area (Å²) in [5, 5.41) is 3.69. The van der Waals surface area contributed by atoms with E-state index in [2.05, 4.69) is 36.3 Å². The fourth-order valence-corrected chi connectivity index (χ4v) is 4.15. The first-order valence-corrected chi connectivity index (χ1v) is 7.76. The molecular formula is C17H26N2. The van der Waals surface area contributed by atoms with Crippen molar-refractivity contribution in [3.8, 4) is 0 Å². The Bertz CT molecular complexity index is 412. The van der Waals surface area contributed by atoms with Gasteiger partial charge in [-0.3, -0.25) is 4.98 Å². The highest BCUT2D eigenvalue weighted by Gasteiger charge is 2.57. The van der Waals surface area contributed by atoms with Gasteiger partial charge in [0.05, 0.1) is 0 Å². The fraction of sp³-hybridized carbons (Fsp3) is 0.706. The van der Waals surface area contributed by atoms with Crippen molar-refractivity contribution in [1.29, 1.82) is 0 Å². The first kappa shape index (κ1) is 13.1. The summed E-state index contributed by atoms with van der Waals surface area (Å²) in [7, 11) is 0. The van der Waals surface area contributed by atoms with Crippen molar-refractivity contribution in [2.24, 2.45) is 11.3 Å². The van der Waals surface area contributed by atoms with Crippen LogP contribution in [0.4, 0.5) is 0 Å². The van der Waals surface area contributed by atoms with Crippen LogP contribution < -0.4 is 5.32 Å². The molecule has 0 unspecified atom stereocenters. The molecule has 2 aliphatic rings. The van der Waals surface area contributed by atoms with Gasteiger partial charge in [0, 0.05) is 24.4 Å². The van der Waals surface area contributed by atoms with Crippen molar-refractivity contribution >= 4 is 0 Å². The van der Waals surface area contributed by atoms with Gasteiger partial charge in [-0.2, -0.15) is 0 Å². The number of aromatic nitrogens is 1. The summed E-state index contributed by atoms with van der Waals surface area (Å²) < 4.78 is 0. The SMILES string of the molecule is CC(C)CNCC1(c2ccncc2)CC2(CCC2)C1. The summed E-state index contributed by atoms with van der Waals surface area (Å²) in [4.78, 5) is 4.18. The van der Waals surface area contributed by atoms with E-state index in [4.69, 9.17) is 0 Å². The van der Waals surface area contributed by atoms with Crippen LogP contribution in [0.5, 0.6) is 0 Å². The van der Waals surface area contributed by atoms with E-state index >= 15 is 0 Å². The average Bonchev–Trinajstić information content (AvgIpc) is 2.31. The third kappa shape index (κ3) is 2.43. The molecule has 0 bridgehead atoms. The van der Waals surface area contributed by atoms with E-state index in [0.717, 1.165) is 19.0 Å². The van der Waals surface area contributed by atoms with E-state index in [1.165, 1.54) is 37.7 Å². The van der Waals surface area contributed by atoms with E-state index in [-0.39, 0.29) is 0 Å². The van der Waals surface area contributed by atoms with Crippen molar-refractivity contribution in [3.05, 3.63) is 30.1 Å². The fourth-order valence-electron chi connectivity index (χ4n) is 4.15. The maximum absolute atomic E-state index is 4.18. The standard InChI is InChI=1S/C17H26N2/c1-14(2)10-19-13-17(15-4-8-18-9-5-15)11-16(12-17)6-3-7-16/h4-5,8-9,14,19H,3,6-7,10-13H2,1-2H3. The molecule has 0 saturated heterocycles. The van der Waals surface area contributed by atoms with Gasteiger partial charge in [0.15, 0.2) is 0 Å². The lowest BCUT2D eigenvalue weighted by atomic mass is 9.44. The largest absolute Gasteiger partial charge is 0.316 e.